The Hall–Kier alpha value is -5.19. The van der Waals surface area contributed by atoms with Crippen LogP contribution in [-0.4, -0.2) is 67.8 Å². The van der Waals surface area contributed by atoms with E-state index in [-0.39, 0.29) is 123 Å². The molecule has 17 heteroatoms. The summed E-state index contributed by atoms with van der Waals surface area (Å²) in [7, 11) is 2.65. The normalized spacial score (nSPS) is 13.6. The Morgan fingerprint density at radius 1 is 0.432 bits per heavy atom. The van der Waals surface area contributed by atoms with Gasteiger partial charge in [-0.1, -0.05) is 249 Å². The van der Waals surface area contributed by atoms with Crippen LogP contribution < -0.4 is 11.1 Å². The molecular formula is C78H104N2O9S4Ti2. The smallest absolute Gasteiger partial charge is 0.781 e. The van der Waals surface area contributed by atoms with Crippen LogP contribution in [0.1, 0.15) is 171 Å². The summed E-state index contributed by atoms with van der Waals surface area (Å²) in [6.07, 6.45) is 28.9. The number of hydrogen-bond acceptors (Lipinski definition) is 13. The fourth-order valence-corrected chi connectivity index (χ4v) is 11.5. The number of rotatable bonds is 19. The third-order valence-corrected chi connectivity index (χ3v) is 17.6. The molecule has 6 aromatic carbocycles. The van der Waals surface area contributed by atoms with Gasteiger partial charge in [-0.3, -0.25) is 24.0 Å². The molecule has 2 atom stereocenters. The minimum atomic E-state index is -0.845. The van der Waals surface area contributed by atoms with E-state index in [1.54, 1.807) is 12.1 Å². The molecule has 10 rings (SSSR count). The van der Waals surface area contributed by atoms with Crippen molar-refractivity contribution in [2.45, 2.75) is 174 Å². The van der Waals surface area contributed by atoms with Crippen LogP contribution in [0.5, 0.6) is 0 Å². The molecule has 4 aliphatic rings. The molecule has 0 radical (unpaired) electrons. The first kappa shape index (κ1) is 94.0. The minimum Gasteiger partial charge on any atom is -0.781 e. The molecule has 6 aromatic rings. The molecule has 1 amide bonds. The SMILES string of the molecule is C1CCCC1.C1CCCC1.COC(=O)[C@@H](CC(=O)CN)Cc1ccccc1.COC(=O)[C@@H](CC(=O)CNC(=O)c1ccc(CC2CCCC2)cc1)Cc1ccccc1.O=C(O)c1ccc(CC2CCCC2)cc1.[CH3-].[CH3-].[CH3-].[CH3-].[S-]c1ccccc1[S-].[S-]c1ccccc1[S-].[Ti+4].[Ti+4]. The summed E-state index contributed by atoms with van der Waals surface area (Å²) in [5.74, 6) is -1.66. The summed E-state index contributed by atoms with van der Waals surface area (Å²) in [5.41, 5.74) is 10.7. The van der Waals surface area contributed by atoms with Crippen molar-refractivity contribution in [3.63, 3.8) is 0 Å². The topological polar surface area (TPSA) is 179 Å². The van der Waals surface area contributed by atoms with Crippen LogP contribution in [0.15, 0.2) is 177 Å². The zero-order valence-corrected chi connectivity index (χ0v) is 63.5. The van der Waals surface area contributed by atoms with Crippen LogP contribution >= 0.6 is 0 Å². The Morgan fingerprint density at radius 3 is 1.01 bits per heavy atom. The molecule has 4 saturated carbocycles. The Morgan fingerprint density at radius 2 is 0.726 bits per heavy atom. The number of nitrogens with two attached hydrogens (primary N) is 1. The van der Waals surface area contributed by atoms with Gasteiger partial charge in [0.05, 0.1) is 44.7 Å². The van der Waals surface area contributed by atoms with E-state index in [1.165, 1.54) is 141 Å². The minimum absolute atomic E-state index is 0. The zero-order chi connectivity index (χ0) is 64.4. The zero-order valence-electron chi connectivity index (χ0n) is 57.1. The molecule has 4 N–H and O–H groups in total. The van der Waals surface area contributed by atoms with Crippen LogP contribution in [0.2, 0.25) is 0 Å². The molecular weight excluding hydrogens is 1330 g/mol. The van der Waals surface area contributed by atoms with Gasteiger partial charge in [-0.25, -0.2) is 4.79 Å². The summed E-state index contributed by atoms with van der Waals surface area (Å²) in [4.78, 5) is 73.5. The van der Waals surface area contributed by atoms with Crippen molar-refractivity contribution >= 4 is 85.9 Å². The van der Waals surface area contributed by atoms with Gasteiger partial charge in [-0.05, 0) is 84.0 Å². The summed E-state index contributed by atoms with van der Waals surface area (Å²) in [6.45, 7) is -0.146. The molecule has 4 aliphatic carbocycles. The van der Waals surface area contributed by atoms with Gasteiger partial charge in [-0.2, -0.15) is 19.6 Å². The van der Waals surface area contributed by atoms with Crippen LogP contribution in [0, 0.1) is 53.4 Å². The number of amides is 1. The molecule has 0 heterocycles. The number of ether oxygens (including phenoxy) is 2. The molecule has 0 aliphatic heterocycles. The van der Waals surface area contributed by atoms with E-state index in [2.05, 4.69) is 5.32 Å². The predicted molar refractivity (Wildman–Crippen MR) is 390 cm³/mol. The molecule has 95 heavy (non-hydrogen) atoms. The summed E-state index contributed by atoms with van der Waals surface area (Å²) >= 11 is 19.4. The number of hydrogen-bond donors (Lipinski definition) is 3. The predicted octanol–water partition coefficient (Wildman–Crippen LogP) is 16.9. The first-order valence-electron chi connectivity index (χ1n) is 31.6. The standard InChI is InChI=1S/C26H31NO4.C13H17NO3.C13H16O2.2C6H6S2.2C5H10.4CH3.2Ti/c1-31-26(30)23(16-20-7-3-2-4-8-20)17-24(28)18-27-25(29)22-13-11-21(12-14-22)15-19-9-5-6-10-19;1-17-13(16)11(8-12(15)9-14)7-10-5-3-2-4-6-10;14-13(15)12-7-5-11(6-8-12)9-10-3-1-2-4-10;2*7-5-3-1-2-4-6(5)8;2*1-2-4-5-3-1;;;;;;/h2-4,7-8,11-14,19,23H,5-6,9-10,15-18H2,1H3,(H,27,29);2-6,11H,7-9,14H2,1H3;5-8,10H,1-4,9H2,(H,14,15);2*1-4,7-8H;2*1-5H2;4*1H3;;/q;;;;;;;4*-1;2*+4/p-4/t23-;11-;;;;;;;;;;;/m11.........../s1. The number of carboxylic acid groups (broad SMARTS) is 1. The van der Waals surface area contributed by atoms with Gasteiger partial charge in [-0.15, -0.1) is 0 Å². The molecule has 0 bridgehead atoms. The van der Waals surface area contributed by atoms with E-state index in [4.69, 9.17) is 70.8 Å². The maximum atomic E-state index is 12.4. The van der Waals surface area contributed by atoms with E-state index in [0.717, 1.165) is 55.4 Å². The maximum Gasteiger partial charge on any atom is 4.00 e. The Kier molecular flexibility index (Phi) is 56.2. The fourth-order valence-electron chi connectivity index (χ4n) is 10.9. The van der Waals surface area contributed by atoms with Crippen LogP contribution in [0.25, 0.3) is 0 Å². The molecule has 0 unspecified atom stereocenters. The maximum absolute atomic E-state index is 12.4. The number of carbonyl (C=O) groups excluding carboxylic acids is 5. The monoisotopic (exact) mass is 1440 g/mol. The average molecular weight is 1440 g/mol. The first-order chi connectivity index (χ1) is 43.1. The molecule has 0 aromatic heterocycles. The number of carbonyl (C=O) groups is 6. The second-order valence-electron chi connectivity index (χ2n) is 23.0. The van der Waals surface area contributed by atoms with E-state index in [1.807, 2.05) is 146 Å². The quantitative estimate of drug-likeness (QED) is 0.0302. The number of benzene rings is 6. The fraction of sp³-hybridized carbons (Fsp3) is 0.410. The number of carboxylic acids is 1. The van der Waals surface area contributed by atoms with Crippen LogP contribution in [0.3, 0.4) is 0 Å². The van der Waals surface area contributed by atoms with Crippen molar-refractivity contribution in [1.82, 2.24) is 5.32 Å². The molecule has 0 saturated heterocycles. The molecule has 11 nitrogen and oxygen atoms in total. The Labute approximate surface area is 624 Å². The van der Waals surface area contributed by atoms with E-state index in [0.29, 0.717) is 24.0 Å². The Balaban J connectivity index is -0.00000113. The van der Waals surface area contributed by atoms with Gasteiger partial charge < -0.3 is 106 Å². The second kappa shape index (κ2) is 56.8. The number of ketones is 2. The van der Waals surface area contributed by atoms with E-state index >= 15 is 0 Å². The third kappa shape index (κ3) is 41.0. The number of esters is 2. The Bertz CT molecular complexity index is 2870. The molecule has 0 spiro atoms. The number of nitrogens with one attached hydrogen (secondary N) is 1. The number of methoxy groups -OCH3 is 2. The van der Waals surface area contributed by atoms with E-state index in [9.17, 15) is 28.8 Å². The average Bonchev–Trinajstić information content (AvgIpc) is 1.93. The first-order valence-corrected chi connectivity index (χ1v) is 33.2. The summed E-state index contributed by atoms with van der Waals surface area (Å²) in [5, 5.41) is 11.4. The van der Waals surface area contributed by atoms with Crippen molar-refractivity contribution in [3.05, 3.63) is 221 Å². The van der Waals surface area contributed by atoms with Gasteiger partial charge in [0.2, 0.25) is 0 Å². The summed E-state index contributed by atoms with van der Waals surface area (Å²) in [6, 6.07) is 48.9. The van der Waals surface area contributed by atoms with Crippen molar-refractivity contribution in [3.8, 4) is 0 Å². The molecule has 4 fully saturated rings. The second-order valence-corrected chi connectivity index (χ2v) is 24.8. The van der Waals surface area contributed by atoms with Gasteiger partial charge >= 0.3 is 61.3 Å². The number of aromatic carboxylic acids is 1. The van der Waals surface area contributed by atoms with Crippen LogP contribution in [0.4, 0.5) is 0 Å². The molecule has 512 valence electrons. The largest absolute Gasteiger partial charge is 4.00 e. The van der Waals surface area contributed by atoms with Gasteiger partial charge in [0.15, 0.2) is 5.78 Å². The van der Waals surface area contributed by atoms with Gasteiger partial charge in [0.1, 0.15) is 5.78 Å². The van der Waals surface area contributed by atoms with Gasteiger partial charge in [0.25, 0.3) is 5.91 Å². The van der Waals surface area contributed by atoms with Crippen molar-refractivity contribution < 1.29 is 86.8 Å². The van der Waals surface area contributed by atoms with Crippen molar-refractivity contribution in [1.29, 1.82) is 0 Å². The van der Waals surface area contributed by atoms with E-state index < -0.39 is 23.8 Å². The van der Waals surface area contributed by atoms with Crippen molar-refractivity contribution in [2.75, 3.05) is 27.3 Å². The van der Waals surface area contributed by atoms with Crippen LogP contribution in [-0.2, 0) is 148 Å². The van der Waals surface area contributed by atoms with Gasteiger partial charge in [0, 0.05) is 18.4 Å². The third-order valence-electron chi connectivity index (χ3n) is 16.0. The number of Topliss-reactive ketones (excluding diaryl/α,β-unsaturated/α-hetero) is 2. The van der Waals surface area contributed by atoms with Crippen molar-refractivity contribution in [2.24, 2.45) is 29.4 Å². The summed E-state index contributed by atoms with van der Waals surface area (Å²) < 4.78 is 9.56.